The van der Waals surface area contributed by atoms with E-state index >= 15 is 0 Å². The number of ether oxygens (including phenoxy) is 4. The van der Waals surface area contributed by atoms with Gasteiger partial charge in [-0.05, 0) is 51.1 Å². The van der Waals surface area contributed by atoms with Crippen molar-refractivity contribution in [3.05, 3.63) is 157 Å². The average molecular weight is 697 g/mol. The van der Waals surface area contributed by atoms with Gasteiger partial charge in [-0.25, -0.2) is 9.59 Å². The van der Waals surface area contributed by atoms with Gasteiger partial charge in [0.15, 0.2) is 11.4 Å². The number of hydrogen-bond acceptors (Lipinski definition) is 8. The smallest absolute Gasteiger partial charge is 0.419 e. The Kier molecular flexibility index (Phi) is 11.2. The molecular weight excluding hydrogens is 652 g/mol. The van der Waals surface area contributed by atoms with Gasteiger partial charge in [-0.1, -0.05) is 133 Å². The Morgan fingerprint density at radius 3 is 1.19 bits per heavy atom. The van der Waals surface area contributed by atoms with Crippen LogP contribution in [-0.4, -0.2) is 63.1 Å². The van der Waals surface area contributed by atoms with Gasteiger partial charge in [0.1, 0.15) is 11.5 Å². The summed E-state index contributed by atoms with van der Waals surface area (Å²) in [5.41, 5.74) is -1.33. The lowest BCUT2D eigenvalue weighted by Crippen LogP contribution is -2.51. The predicted octanol–water partition coefficient (Wildman–Crippen LogP) is 8.15. The fraction of sp³-hybridized carbons (Fsp3) is 0.227. The lowest BCUT2D eigenvalue weighted by atomic mass is 9.97. The van der Waals surface area contributed by atoms with Crippen LogP contribution in [0.5, 0.6) is 11.5 Å². The summed E-state index contributed by atoms with van der Waals surface area (Å²) < 4.78 is 25.1. The van der Waals surface area contributed by atoms with E-state index in [4.69, 9.17) is 18.9 Å². The predicted molar refractivity (Wildman–Crippen MR) is 204 cm³/mol. The maximum Gasteiger partial charge on any atom is 0.419 e. The molecule has 2 unspecified atom stereocenters. The van der Waals surface area contributed by atoms with Gasteiger partial charge in [-0.3, -0.25) is 9.80 Å². The van der Waals surface area contributed by atoms with Crippen molar-refractivity contribution in [2.75, 3.05) is 41.4 Å². The molecule has 0 fully saturated rings. The lowest BCUT2D eigenvalue weighted by molar-refractivity contribution is -0.212. The fourth-order valence-corrected chi connectivity index (χ4v) is 6.68. The van der Waals surface area contributed by atoms with Crippen molar-refractivity contribution in [3.63, 3.8) is 0 Å². The second-order valence-electron chi connectivity index (χ2n) is 13.0. The largest absolute Gasteiger partial charge is 0.493 e. The highest BCUT2D eigenvalue weighted by atomic mass is 16.6. The number of nitrogens with zero attached hydrogens (tertiary/aromatic N) is 2. The van der Waals surface area contributed by atoms with Crippen molar-refractivity contribution >= 4 is 33.5 Å². The molecule has 0 bridgehead atoms. The zero-order valence-electron chi connectivity index (χ0n) is 30.0. The van der Waals surface area contributed by atoms with Crippen molar-refractivity contribution in [1.82, 2.24) is 9.80 Å². The maximum absolute atomic E-state index is 14.0. The molecule has 0 aromatic heterocycles. The number of carbonyl (C=O) groups is 2. The second-order valence-corrected chi connectivity index (χ2v) is 13.0. The van der Waals surface area contributed by atoms with E-state index in [1.165, 1.54) is 0 Å². The zero-order valence-corrected chi connectivity index (χ0v) is 30.0. The number of esters is 2. The minimum atomic E-state index is -1.35. The van der Waals surface area contributed by atoms with Crippen molar-refractivity contribution < 1.29 is 28.5 Å². The molecule has 0 saturated carbocycles. The van der Waals surface area contributed by atoms with Crippen LogP contribution in [0.15, 0.2) is 146 Å². The highest BCUT2D eigenvalue weighted by molar-refractivity contribution is 6.29. The van der Waals surface area contributed by atoms with Crippen molar-refractivity contribution in [3.8, 4) is 11.5 Å². The van der Waals surface area contributed by atoms with E-state index in [1.54, 1.807) is 9.80 Å². The minimum Gasteiger partial charge on any atom is -0.493 e. The Morgan fingerprint density at radius 1 is 0.462 bits per heavy atom. The molecule has 0 heterocycles. The number of fused-ring (bicyclic) bond motifs is 2. The minimum absolute atomic E-state index is 0.195. The van der Waals surface area contributed by atoms with Gasteiger partial charge >= 0.3 is 11.9 Å². The highest BCUT2D eigenvalue weighted by Crippen LogP contribution is 2.36. The third kappa shape index (κ3) is 7.64. The Bertz CT molecular complexity index is 1960. The molecule has 2 atom stereocenters. The second kappa shape index (κ2) is 16.1. The number of benzene rings is 6. The normalized spacial score (nSPS) is 13.7. The van der Waals surface area contributed by atoms with E-state index in [2.05, 4.69) is 0 Å². The van der Waals surface area contributed by atoms with Crippen LogP contribution in [-0.2, 0) is 30.5 Å². The average Bonchev–Trinajstić information content (AvgIpc) is 3.17. The Balaban J connectivity index is 1.25. The summed E-state index contributed by atoms with van der Waals surface area (Å²) in [5, 5.41) is 4.07. The third-order valence-corrected chi connectivity index (χ3v) is 9.48. The molecule has 266 valence electrons. The summed E-state index contributed by atoms with van der Waals surface area (Å²) in [4.78, 5) is 31.6. The summed E-state index contributed by atoms with van der Waals surface area (Å²) in [5.74, 6) is -0.817. The summed E-state index contributed by atoms with van der Waals surface area (Å²) in [6, 6.07) is 46.5. The van der Waals surface area contributed by atoms with Crippen LogP contribution >= 0.6 is 0 Å². The zero-order chi connectivity index (χ0) is 36.6. The van der Waals surface area contributed by atoms with Crippen LogP contribution < -0.4 is 9.47 Å². The van der Waals surface area contributed by atoms with Crippen LogP contribution in [0.3, 0.4) is 0 Å². The third-order valence-electron chi connectivity index (χ3n) is 9.48. The summed E-state index contributed by atoms with van der Waals surface area (Å²) in [6.45, 7) is 0.390. The molecular formula is C44H44N2O6. The molecule has 6 aromatic rings. The van der Waals surface area contributed by atoms with Gasteiger partial charge in [-0.2, -0.15) is 0 Å². The standard InChI is InChI=1S/C44H44N2O6/c1-45(2)43(35-21-7-5-8-22-35,29-31-49-39-27-15-19-33-17-11-13-25-37(33)39)51-41(47)42(48)52-44(46(3)4,36-23-9-6-10-24-36)30-32-50-40-28-16-20-34-18-12-14-26-38(34)40/h5-28H,29-32H2,1-4H3. The first-order chi connectivity index (χ1) is 25.2. The molecule has 0 aliphatic carbocycles. The van der Waals surface area contributed by atoms with E-state index < -0.39 is 23.4 Å². The van der Waals surface area contributed by atoms with E-state index in [0.717, 1.165) is 21.5 Å². The molecule has 0 radical (unpaired) electrons. The molecule has 0 aliphatic heterocycles. The van der Waals surface area contributed by atoms with Crippen LogP contribution in [0.25, 0.3) is 21.5 Å². The maximum atomic E-state index is 14.0. The molecule has 52 heavy (non-hydrogen) atoms. The molecule has 0 aliphatic rings. The van der Waals surface area contributed by atoms with Gasteiger partial charge < -0.3 is 18.9 Å². The van der Waals surface area contributed by atoms with Gasteiger partial charge in [0.05, 0.1) is 13.2 Å². The van der Waals surface area contributed by atoms with E-state index in [1.807, 2.05) is 174 Å². The SMILES string of the molecule is CN(C)C(CCOc1cccc2ccccc12)(OC(=O)C(=O)OC(CCOc1cccc2ccccc12)(c1ccccc1)N(C)C)c1ccccc1. The number of hydrogen-bond donors (Lipinski definition) is 0. The van der Waals surface area contributed by atoms with Crippen LogP contribution in [0.2, 0.25) is 0 Å². The summed E-state index contributed by atoms with van der Waals surface area (Å²) >= 11 is 0. The highest BCUT2D eigenvalue weighted by Gasteiger charge is 2.45. The molecule has 0 N–H and O–H groups in total. The monoisotopic (exact) mass is 696 g/mol. The molecule has 6 rings (SSSR count). The molecule has 0 spiro atoms. The first kappa shape index (κ1) is 36.1. The summed E-state index contributed by atoms with van der Waals surface area (Å²) in [6.07, 6.45) is 0.450. The van der Waals surface area contributed by atoms with Crippen LogP contribution in [0, 0.1) is 0 Å². The van der Waals surface area contributed by atoms with Gasteiger partial charge in [0, 0.05) is 34.7 Å². The Morgan fingerprint density at radius 2 is 0.808 bits per heavy atom. The van der Waals surface area contributed by atoms with E-state index in [-0.39, 0.29) is 26.1 Å². The topological polar surface area (TPSA) is 77.5 Å². The summed E-state index contributed by atoms with van der Waals surface area (Å²) in [7, 11) is 7.23. The van der Waals surface area contributed by atoms with Crippen LogP contribution in [0.1, 0.15) is 24.0 Å². The van der Waals surface area contributed by atoms with Gasteiger partial charge in [0.2, 0.25) is 0 Å². The molecule has 0 saturated heterocycles. The Hall–Kier alpha value is -5.70. The first-order valence-corrected chi connectivity index (χ1v) is 17.4. The number of rotatable bonds is 14. The quantitative estimate of drug-likeness (QED) is 0.0642. The van der Waals surface area contributed by atoms with Crippen molar-refractivity contribution in [2.45, 2.75) is 24.3 Å². The molecule has 6 aromatic carbocycles. The van der Waals surface area contributed by atoms with E-state index in [9.17, 15) is 9.59 Å². The van der Waals surface area contributed by atoms with Gasteiger partial charge in [0.25, 0.3) is 0 Å². The lowest BCUT2D eigenvalue weighted by Gasteiger charge is -2.41. The molecule has 8 heteroatoms. The fourth-order valence-electron chi connectivity index (χ4n) is 6.68. The number of carbonyl (C=O) groups excluding carboxylic acids is 2. The molecule has 0 amide bonds. The molecule has 8 nitrogen and oxygen atoms in total. The van der Waals surface area contributed by atoms with E-state index in [0.29, 0.717) is 22.6 Å². The van der Waals surface area contributed by atoms with Crippen LogP contribution in [0.4, 0.5) is 0 Å². The van der Waals surface area contributed by atoms with Gasteiger partial charge in [-0.15, -0.1) is 0 Å². The Labute approximate surface area is 305 Å². The van der Waals surface area contributed by atoms with Crippen molar-refractivity contribution in [2.24, 2.45) is 0 Å². The van der Waals surface area contributed by atoms with Crippen molar-refractivity contribution in [1.29, 1.82) is 0 Å². The first-order valence-electron chi connectivity index (χ1n) is 17.4.